The quantitative estimate of drug-likeness (QED) is 0.754. The van der Waals surface area contributed by atoms with Gasteiger partial charge in [-0.05, 0) is 42.0 Å². The van der Waals surface area contributed by atoms with E-state index in [-0.39, 0.29) is 6.09 Å². The zero-order valence-electron chi connectivity index (χ0n) is 14.9. The summed E-state index contributed by atoms with van der Waals surface area (Å²) in [6.45, 7) is 2.95. The second kappa shape index (κ2) is 8.02. The molecule has 25 heavy (non-hydrogen) atoms. The van der Waals surface area contributed by atoms with Crippen LogP contribution >= 0.6 is 0 Å². The number of hydrogen-bond acceptors (Lipinski definition) is 2. The molecule has 1 aliphatic rings. The molecule has 130 valence electrons. The van der Waals surface area contributed by atoms with Gasteiger partial charge in [0.05, 0.1) is 6.61 Å². The average Bonchev–Trinajstić information content (AvgIpc) is 2.79. The molecule has 1 aliphatic carbocycles. The lowest BCUT2D eigenvalue weighted by molar-refractivity contribution is 0.115. The number of fused-ring (bicyclic) bond motifs is 2. The minimum Gasteiger partial charge on any atom is -0.450 e. The summed E-state index contributed by atoms with van der Waals surface area (Å²) in [5, 5.41) is 0. The number of hydrogen-bond donors (Lipinski definition) is 0. The van der Waals surface area contributed by atoms with Crippen LogP contribution in [-0.2, 0) is 4.74 Å². The van der Waals surface area contributed by atoms with Crippen molar-refractivity contribution in [2.75, 3.05) is 20.2 Å². The first-order valence-corrected chi connectivity index (χ1v) is 8.94. The summed E-state index contributed by atoms with van der Waals surface area (Å²) < 4.78 is 5.06. The highest BCUT2D eigenvalue weighted by molar-refractivity contribution is 5.76. The van der Waals surface area contributed by atoms with Crippen LogP contribution in [0.3, 0.4) is 0 Å². The van der Waals surface area contributed by atoms with E-state index in [9.17, 15) is 4.79 Å². The van der Waals surface area contributed by atoms with Gasteiger partial charge in [-0.15, -0.1) is 0 Å². The Morgan fingerprint density at radius 3 is 2.12 bits per heavy atom. The summed E-state index contributed by atoms with van der Waals surface area (Å²) in [5.74, 6) is 0.345. The molecule has 2 aromatic rings. The molecular formula is C22H25NO2. The SMILES string of the molecule is CCOC(=O)N(C)CCCC1c2ccccc2C=Cc2ccccc21. The van der Waals surface area contributed by atoms with Crippen LogP contribution in [-0.4, -0.2) is 31.2 Å². The molecule has 2 aromatic carbocycles. The lowest BCUT2D eigenvalue weighted by Gasteiger charge is -2.22. The van der Waals surface area contributed by atoms with Crippen molar-refractivity contribution in [3.63, 3.8) is 0 Å². The molecule has 3 nitrogen and oxygen atoms in total. The third kappa shape index (κ3) is 3.93. The van der Waals surface area contributed by atoms with Crippen molar-refractivity contribution in [2.24, 2.45) is 0 Å². The molecule has 0 bridgehead atoms. The number of ether oxygens (including phenoxy) is 1. The Hall–Kier alpha value is -2.55. The van der Waals surface area contributed by atoms with E-state index in [1.165, 1.54) is 22.3 Å². The first kappa shape index (κ1) is 17.3. The smallest absolute Gasteiger partial charge is 0.409 e. The van der Waals surface area contributed by atoms with Gasteiger partial charge in [0.1, 0.15) is 0 Å². The molecular weight excluding hydrogens is 310 g/mol. The summed E-state index contributed by atoms with van der Waals surface area (Å²) >= 11 is 0. The van der Waals surface area contributed by atoms with Gasteiger partial charge in [-0.3, -0.25) is 0 Å². The fourth-order valence-electron chi connectivity index (χ4n) is 3.48. The maximum atomic E-state index is 11.8. The molecule has 0 spiro atoms. The lowest BCUT2D eigenvalue weighted by atomic mass is 9.84. The second-order valence-electron chi connectivity index (χ2n) is 6.41. The van der Waals surface area contributed by atoms with E-state index >= 15 is 0 Å². The molecule has 1 amide bonds. The summed E-state index contributed by atoms with van der Waals surface area (Å²) in [6.07, 6.45) is 6.10. The number of benzene rings is 2. The summed E-state index contributed by atoms with van der Waals surface area (Å²) in [5.41, 5.74) is 5.29. The third-order valence-corrected chi connectivity index (χ3v) is 4.75. The van der Waals surface area contributed by atoms with Crippen molar-refractivity contribution in [2.45, 2.75) is 25.7 Å². The van der Waals surface area contributed by atoms with E-state index in [0.29, 0.717) is 19.1 Å². The fraction of sp³-hybridized carbons (Fsp3) is 0.318. The summed E-state index contributed by atoms with van der Waals surface area (Å²) in [6, 6.07) is 17.2. The van der Waals surface area contributed by atoms with Crippen LogP contribution < -0.4 is 0 Å². The second-order valence-corrected chi connectivity index (χ2v) is 6.41. The van der Waals surface area contributed by atoms with Crippen molar-refractivity contribution >= 4 is 18.2 Å². The molecule has 0 unspecified atom stereocenters. The molecule has 3 heteroatoms. The van der Waals surface area contributed by atoms with Crippen LogP contribution in [0.15, 0.2) is 48.5 Å². The molecule has 0 saturated heterocycles. The molecule has 3 rings (SSSR count). The number of nitrogens with zero attached hydrogens (tertiary/aromatic N) is 1. The van der Waals surface area contributed by atoms with Gasteiger partial charge < -0.3 is 9.64 Å². The highest BCUT2D eigenvalue weighted by Gasteiger charge is 2.21. The number of carbonyl (C=O) groups is 1. The van der Waals surface area contributed by atoms with E-state index in [0.717, 1.165) is 12.8 Å². The van der Waals surface area contributed by atoms with E-state index in [1.807, 2.05) is 6.92 Å². The van der Waals surface area contributed by atoms with Gasteiger partial charge in [0, 0.05) is 19.5 Å². The predicted octanol–water partition coefficient (Wildman–Crippen LogP) is 5.17. The molecule has 0 fully saturated rings. The van der Waals surface area contributed by atoms with E-state index in [2.05, 4.69) is 60.7 Å². The predicted molar refractivity (Wildman–Crippen MR) is 103 cm³/mol. The maximum absolute atomic E-state index is 11.8. The Kier molecular flexibility index (Phi) is 5.54. The molecule has 0 radical (unpaired) electrons. The number of amides is 1. The van der Waals surface area contributed by atoms with Gasteiger partial charge >= 0.3 is 6.09 Å². The fourth-order valence-corrected chi connectivity index (χ4v) is 3.48. The Labute approximate surface area is 149 Å². The van der Waals surface area contributed by atoms with Crippen molar-refractivity contribution in [3.8, 4) is 0 Å². The van der Waals surface area contributed by atoms with E-state index in [1.54, 1.807) is 11.9 Å². The molecule has 0 saturated carbocycles. The molecule has 0 aliphatic heterocycles. The number of carbonyl (C=O) groups excluding carboxylic acids is 1. The Balaban J connectivity index is 1.78. The summed E-state index contributed by atoms with van der Waals surface area (Å²) in [7, 11) is 1.80. The van der Waals surface area contributed by atoms with Gasteiger partial charge in [-0.1, -0.05) is 60.7 Å². The van der Waals surface area contributed by atoms with Crippen molar-refractivity contribution in [3.05, 3.63) is 70.8 Å². The van der Waals surface area contributed by atoms with Crippen LogP contribution in [0, 0.1) is 0 Å². The van der Waals surface area contributed by atoms with E-state index in [4.69, 9.17) is 4.74 Å². The minimum atomic E-state index is -0.245. The van der Waals surface area contributed by atoms with Crippen molar-refractivity contribution in [1.82, 2.24) is 4.90 Å². The average molecular weight is 335 g/mol. The third-order valence-electron chi connectivity index (χ3n) is 4.75. The zero-order chi connectivity index (χ0) is 17.6. The van der Waals surface area contributed by atoms with Crippen molar-refractivity contribution in [1.29, 1.82) is 0 Å². The van der Waals surface area contributed by atoms with Crippen LogP contribution in [0.4, 0.5) is 4.79 Å². The largest absolute Gasteiger partial charge is 0.450 e. The van der Waals surface area contributed by atoms with Gasteiger partial charge in [-0.25, -0.2) is 4.79 Å². The van der Waals surface area contributed by atoms with Crippen LogP contribution in [0.5, 0.6) is 0 Å². The van der Waals surface area contributed by atoms with Gasteiger partial charge in [0.25, 0.3) is 0 Å². The van der Waals surface area contributed by atoms with Crippen molar-refractivity contribution < 1.29 is 9.53 Å². The molecule has 0 N–H and O–H groups in total. The van der Waals surface area contributed by atoms with Gasteiger partial charge in [-0.2, -0.15) is 0 Å². The van der Waals surface area contributed by atoms with Gasteiger partial charge in [0.2, 0.25) is 0 Å². The van der Waals surface area contributed by atoms with Crippen LogP contribution in [0.1, 0.15) is 47.9 Å². The lowest BCUT2D eigenvalue weighted by Crippen LogP contribution is -2.28. The zero-order valence-corrected chi connectivity index (χ0v) is 14.9. The van der Waals surface area contributed by atoms with E-state index < -0.39 is 0 Å². The number of rotatable bonds is 5. The standard InChI is InChI=1S/C22H25NO2/c1-3-25-22(24)23(2)16-8-13-21-19-11-6-4-9-17(19)14-15-18-10-5-7-12-20(18)21/h4-7,9-12,14-15,21H,3,8,13,16H2,1-2H3. The molecule has 0 atom stereocenters. The monoisotopic (exact) mass is 335 g/mol. The first-order valence-electron chi connectivity index (χ1n) is 8.94. The normalized spacial score (nSPS) is 12.9. The highest BCUT2D eigenvalue weighted by Crippen LogP contribution is 2.37. The highest BCUT2D eigenvalue weighted by atomic mass is 16.5. The van der Waals surface area contributed by atoms with Crippen LogP contribution in [0.2, 0.25) is 0 Å². The Bertz CT molecular complexity index is 717. The van der Waals surface area contributed by atoms with Gasteiger partial charge in [0.15, 0.2) is 0 Å². The molecule has 0 heterocycles. The molecule has 0 aromatic heterocycles. The summed E-state index contributed by atoms with van der Waals surface area (Å²) in [4.78, 5) is 13.4. The first-order chi connectivity index (χ1) is 12.2. The van der Waals surface area contributed by atoms with Crippen LogP contribution in [0.25, 0.3) is 12.2 Å². The Morgan fingerprint density at radius 2 is 1.56 bits per heavy atom. The maximum Gasteiger partial charge on any atom is 0.409 e. The Morgan fingerprint density at radius 1 is 1.00 bits per heavy atom. The topological polar surface area (TPSA) is 29.5 Å². The minimum absolute atomic E-state index is 0.245.